The zero-order chi connectivity index (χ0) is 14.0. The third-order valence-corrected chi connectivity index (χ3v) is 5.09. The molecule has 2 rings (SSSR count). The van der Waals surface area contributed by atoms with Gasteiger partial charge in [-0.05, 0) is 20.3 Å². The lowest BCUT2D eigenvalue weighted by Gasteiger charge is -2.30. The van der Waals surface area contributed by atoms with Gasteiger partial charge in [-0.15, -0.1) is 0 Å². The second-order valence-electron chi connectivity index (χ2n) is 5.04. The van der Waals surface area contributed by atoms with E-state index in [-0.39, 0.29) is 11.1 Å². The summed E-state index contributed by atoms with van der Waals surface area (Å²) in [6, 6.07) is 0.183. The molecule has 1 fully saturated rings. The lowest BCUT2D eigenvalue weighted by Crippen LogP contribution is -2.51. The molecule has 1 aliphatic rings. The predicted octanol–water partition coefficient (Wildman–Crippen LogP) is 0.584. The van der Waals surface area contributed by atoms with Crippen LogP contribution in [0, 0.1) is 6.92 Å². The zero-order valence-corrected chi connectivity index (χ0v) is 12.6. The van der Waals surface area contributed by atoms with Gasteiger partial charge in [-0.3, -0.25) is 0 Å². The molecule has 6 nitrogen and oxygen atoms in total. The normalized spacial score (nSPS) is 21.7. The number of rotatable bonds is 4. The van der Waals surface area contributed by atoms with Crippen molar-refractivity contribution in [2.24, 2.45) is 0 Å². The van der Waals surface area contributed by atoms with E-state index < -0.39 is 10.0 Å². The lowest BCUT2D eigenvalue weighted by molar-refractivity contribution is 0.309. The summed E-state index contributed by atoms with van der Waals surface area (Å²) in [6.07, 6.45) is 2.61. The fourth-order valence-electron chi connectivity index (χ4n) is 2.32. The van der Waals surface area contributed by atoms with E-state index in [1.807, 2.05) is 18.4 Å². The van der Waals surface area contributed by atoms with Crippen molar-refractivity contribution in [3.05, 3.63) is 12.0 Å². The first-order chi connectivity index (χ1) is 8.95. The SMILES string of the molecule is CCCn1cc(S(=O)(=O)N2CCNC(C)C2)nc1C. The van der Waals surface area contributed by atoms with E-state index in [0.29, 0.717) is 19.6 Å². The van der Waals surface area contributed by atoms with Crippen LogP contribution in [0.15, 0.2) is 11.2 Å². The quantitative estimate of drug-likeness (QED) is 0.879. The predicted molar refractivity (Wildman–Crippen MR) is 73.5 cm³/mol. The van der Waals surface area contributed by atoms with Gasteiger partial charge in [0, 0.05) is 38.4 Å². The van der Waals surface area contributed by atoms with Crippen LogP contribution in [-0.2, 0) is 16.6 Å². The van der Waals surface area contributed by atoms with Gasteiger partial charge in [0.15, 0.2) is 5.03 Å². The molecule has 1 saturated heterocycles. The van der Waals surface area contributed by atoms with E-state index in [1.54, 1.807) is 6.20 Å². The molecule has 19 heavy (non-hydrogen) atoms. The van der Waals surface area contributed by atoms with Gasteiger partial charge in [-0.1, -0.05) is 6.92 Å². The minimum absolute atomic E-state index is 0.174. The Morgan fingerprint density at radius 2 is 2.26 bits per heavy atom. The summed E-state index contributed by atoms with van der Waals surface area (Å²) in [5, 5.41) is 3.41. The van der Waals surface area contributed by atoms with Crippen LogP contribution in [0.5, 0.6) is 0 Å². The van der Waals surface area contributed by atoms with Gasteiger partial charge >= 0.3 is 0 Å². The molecule has 1 aliphatic heterocycles. The minimum atomic E-state index is -3.45. The summed E-state index contributed by atoms with van der Waals surface area (Å²) in [5.41, 5.74) is 0. The van der Waals surface area contributed by atoms with Crippen LogP contribution in [0.3, 0.4) is 0 Å². The standard InChI is InChI=1S/C12H22N4O2S/c1-4-6-15-9-12(14-11(15)3)19(17,18)16-7-5-13-10(2)8-16/h9-10,13H,4-8H2,1-3H3. The average molecular weight is 286 g/mol. The van der Waals surface area contributed by atoms with E-state index >= 15 is 0 Å². The number of nitrogens with one attached hydrogen (secondary N) is 1. The Bertz CT molecular complexity index is 538. The first-order valence-electron chi connectivity index (χ1n) is 6.72. The van der Waals surface area contributed by atoms with Crippen molar-refractivity contribution in [1.82, 2.24) is 19.2 Å². The molecule has 0 amide bonds. The Morgan fingerprint density at radius 3 is 2.89 bits per heavy atom. The largest absolute Gasteiger partial charge is 0.334 e. The number of hydrogen-bond acceptors (Lipinski definition) is 4. The third kappa shape index (κ3) is 2.98. The van der Waals surface area contributed by atoms with E-state index in [0.717, 1.165) is 18.8 Å². The monoisotopic (exact) mass is 286 g/mol. The summed E-state index contributed by atoms with van der Waals surface area (Å²) in [6.45, 7) is 8.39. The summed E-state index contributed by atoms with van der Waals surface area (Å²) < 4.78 is 28.5. The fourth-order valence-corrected chi connectivity index (χ4v) is 3.84. The molecule has 0 saturated carbocycles. The van der Waals surface area contributed by atoms with Gasteiger partial charge < -0.3 is 9.88 Å². The molecule has 2 heterocycles. The van der Waals surface area contributed by atoms with Crippen molar-refractivity contribution >= 4 is 10.0 Å². The molecule has 0 aliphatic carbocycles. The van der Waals surface area contributed by atoms with E-state index in [1.165, 1.54) is 4.31 Å². The second kappa shape index (κ2) is 5.60. The third-order valence-electron chi connectivity index (χ3n) is 3.35. The molecule has 1 aromatic rings. The molecule has 1 atom stereocenters. The van der Waals surface area contributed by atoms with Gasteiger partial charge in [0.1, 0.15) is 5.82 Å². The summed E-state index contributed by atoms with van der Waals surface area (Å²) in [4.78, 5) is 4.21. The second-order valence-corrected chi connectivity index (χ2v) is 6.92. The van der Waals surface area contributed by atoms with Crippen molar-refractivity contribution in [1.29, 1.82) is 0 Å². The Balaban J connectivity index is 2.26. The first-order valence-corrected chi connectivity index (χ1v) is 8.16. The molecule has 0 radical (unpaired) electrons. The fraction of sp³-hybridized carbons (Fsp3) is 0.750. The summed E-state index contributed by atoms with van der Waals surface area (Å²) in [7, 11) is -3.45. The summed E-state index contributed by atoms with van der Waals surface area (Å²) in [5.74, 6) is 0.753. The van der Waals surface area contributed by atoms with Crippen molar-refractivity contribution in [2.45, 2.75) is 44.8 Å². The average Bonchev–Trinajstić information content (AvgIpc) is 2.72. The van der Waals surface area contributed by atoms with Crippen LogP contribution < -0.4 is 5.32 Å². The minimum Gasteiger partial charge on any atom is -0.334 e. The smallest absolute Gasteiger partial charge is 0.262 e. The molecule has 0 spiro atoms. The summed E-state index contributed by atoms with van der Waals surface area (Å²) >= 11 is 0. The molecule has 108 valence electrons. The van der Waals surface area contributed by atoms with Crippen LogP contribution in [0.4, 0.5) is 0 Å². The van der Waals surface area contributed by atoms with Crippen LogP contribution in [0.1, 0.15) is 26.1 Å². The van der Waals surface area contributed by atoms with Gasteiger partial charge in [0.2, 0.25) is 0 Å². The number of aryl methyl sites for hydroxylation is 2. The highest BCUT2D eigenvalue weighted by molar-refractivity contribution is 7.89. The van der Waals surface area contributed by atoms with Crippen molar-refractivity contribution in [2.75, 3.05) is 19.6 Å². The maximum atomic E-state index is 12.5. The Kier molecular flexibility index (Phi) is 4.27. The number of aromatic nitrogens is 2. The molecule has 1 unspecified atom stereocenters. The van der Waals surface area contributed by atoms with Crippen molar-refractivity contribution in [3.63, 3.8) is 0 Å². The maximum Gasteiger partial charge on any atom is 0.262 e. The lowest BCUT2D eigenvalue weighted by atomic mass is 10.3. The van der Waals surface area contributed by atoms with Crippen LogP contribution in [0.25, 0.3) is 0 Å². The molecule has 0 bridgehead atoms. The Hall–Kier alpha value is -0.920. The number of piperazine rings is 1. The van der Waals surface area contributed by atoms with Gasteiger partial charge in [-0.25, -0.2) is 13.4 Å². The van der Waals surface area contributed by atoms with Crippen LogP contribution >= 0.6 is 0 Å². The Labute approximate surface area is 114 Å². The molecule has 0 aromatic carbocycles. The topological polar surface area (TPSA) is 67.2 Å². The van der Waals surface area contributed by atoms with Crippen molar-refractivity contribution < 1.29 is 8.42 Å². The van der Waals surface area contributed by atoms with Gasteiger partial charge in [0.25, 0.3) is 10.0 Å². The van der Waals surface area contributed by atoms with E-state index in [2.05, 4.69) is 17.2 Å². The molecular weight excluding hydrogens is 264 g/mol. The number of nitrogens with zero attached hydrogens (tertiary/aromatic N) is 3. The molecule has 1 aromatic heterocycles. The first kappa shape index (κ1) is 14.5. The molecule has 7 heteroatoms. The molecular formula is C12H22N4O2S. The van der Waals surface area contributed by atoms with E-state index in [9.17, 15) is 8.42 Å². The highest BCUT2D eigenvalue weighted by Gasteiger charge is 2.30. The Morgan fingerprint density at radius 1 is 1.53 bits per heavy atom. The maximum absolute atomic E-state index is 12.5. The number of imidazole rings is 1. The van der Waals surface area contributed by atoms with Gasteiger partial charge in [0.05, 0.1) is 0 Å². The number of hydrogen-bond donors (Lipinski definition) is 1. The highest BCUT2D eigenvalue weighted by atomic mass is 32.2. The van der Waals surface area contributed by atoms with Crippen molar-refractivity contribution in [3.8, 4) is 0 Å². The highest BCUT2D eigenvalue weighted by Crippen LogP contribution is 2.17. The zero-order valence-electron chi connectivity index (χ0n) is 11.8. The van der Waals surface area contributed by atoms with E-state index in [4.69, 9.17) is 0 Å². The van der Waals surface area contributed by atoms with Crippen LogP contribution in [-0.4, -0.2) is 48.0 Å². The van der Waals surface area contributed by atoms with Gasteiger partial charge in [-0.2, -0.15) is 4.31 Å². The number of sulfonamides is 1. The van der Waals surface area contributed by atoms with Crippen LogP contribution in [0.2, 0.25) is 0 Å². The molecule has 1 N–H and O–H groups in total.